The summed E-state index contributed by atoms with van der Waals surface area (Å²) in [5.74, 6) is 0.899. The molecule has 2 heterocycles. The Kier molecular flexibility index (Phi) is 4.61. The predicted octanol–water partition coefficient (Wildman–Crippen LogP) is 5.45. The average Bonchev–Trinajstić information content (AvgIpc) is 3.07. The van der Waals surface area contributed by atoms with Crippen LogP contribution in [-0.2, 0) is 6.42 Å². The van der Waals surface area contributed by atoms with Crippen molar-refractivity contribution in [3.8, 4) is 11.4 Å². The first-order chi connectivity index (χ1) is 11.8. The van der Waals surface area contributed by atoms with E-state index in [9.17, 15) is 0 Å². The predicted molar refractivity (Wildman–Crippen MR) is 101 cm³/mol. The van der Waals surface area contributed by atoms with E-state index < -0.39 is 0 Å². The summed E-state index contributed by atoms with van der Waals surface area (Å²) in [4.78, 5) is 0. The van der Waals surface area contributed by atoms with Crippen molar-refractivity contribution in [1.29, 1.82) is 0 Å². The number of rotatable bonds is 2. The summed E-state index contributed by atoms with van der Waals surface area (Å²) in [6, 6.07) is 16.8. The van der Waals surface area contributed by atoms with Gasteiger partial charge in [-0.3, -0.25) is 4.40 Å². The minimum absolute atomic E-state index is 0.899. The highest BCUT2D eigenvalue weighted by Crippen LogP contribution is 2.27. The van der Waals surface area contributed by atoms with Gasteiger partial charge >= 0.3 is 0 Å². The Bertz CT molecular complexity index is 966. The molecule has 4 aromatic rings. The summed E-state index contributed by atoms with van der Waals surface area (Å²) in [5, 5.41) is 11.3. The number of hydrogen-bond donors (Lipinski definition) is 0. The smallest absolute Gasteiger partial charge is 0.168 e. The molecule has 0 aliphatic carbocycles. The van der Waals surface area contributed by atoms with E-state index in [1.807, 2.05) is 13.8 Å². The lowest BCUT2D eigenvalue weighted by atomic mass is 10.1. The molecule has 0 atom stereocenters. The third-order valence-corrected chi connectivity index (χ3v) is 4.19. The Hall–Kier alpha value is -2.68. The van der Waals surface area contributed by atoms with Crippen LogP contribution in [0.5, 0.6) is 0 Å². The molecule has 0 amide bonds. The maximum atomic E-state index is 4.43. The standard InChI is InChI=1S/C19H17N3.C2H6/c1-3-14-12-22-18(15-10-8-13(2)9-11-15)20-21-19(22)17-7-5-4-6-16(14)17;1-2/h4-12H,3H2,1-2H3;1-2H3. The van der Waals surface area contributed by atoms with E-state index in [1.54, 1.807) is 0 Å². The van der Waals surface area contributed by atoms with Crippen LogP contribution in [-0.4, -0.2) is 14.6 Å². The molecule has 0 saturated carbocycles. The Labute approximate surface area is 143 Å². The monoisotopic (exact) mass is 317 g/mol. The van der Waals surface area contributed by atoms with Gasteiger partial charge in [0.25, 0.3) is 0 Å². The highest BCUT2D eigenvalue weighted by molar-refractivity contribution is 5.96. The number of hydrogen-bond acceptors (Lipinski definition) is 2. The summed E-state index contributed by atoms with van der Waals surface area (Å²) in [5.41, 5.74) is 4.58. The van der Waals surface area contributed by atoms with Gasteiger partial charge < -0.3 is 0 Å². The van der Waals surface area contributed by atoms with Crippen LogP contribution in [0, 0.1) is 6.92 Å². The summed E-state index contributed by atoms with van der Waals surface area (Å²) < 4.78 is 2.12. The zero-order valence-corrected chi connectivity index (χ0v) is 14.7. The molecule has 0 aliphatic heterocycles. The molecule has 3 nitrogen and oxygen atoms in total. The van der Waals surface area contributed by atoms with Gasteiger partial charge in [0.15, 0.2) is 11.5 Å². The highest BCUT2D eigenvalue weighted by Gasteiger charge is 2.12. The Morgan fingerprint density at radius 1 is 0.875 bits per heavy atom. The average molecular weight is 317 g/mol. The molecule has 0 aliphatic rings. The number of benzene rings is 2. The van der Waals surface area contributed by atoms with Crippen molar-refractivity contribution >= 4 is 16.4 Å². The third-order valence-electron chi connectivity index (χ3n) is 4.19. The van der Waals surface area contributed by atoms with Crippen molar-refractivity contribution in [3.63, 3.8) is 0 Å². The van der Waals surface area contributed by atoms with E-state index in [0.29, 0.717) is 0 Å². The van der Waals surface area contributed by atoms with Crippen molar-refractivity contribution in [2.75, 3.05) is 0 Å². The van der Waals surface area contributed by atoms with Crippen molar-refractivity contribution < 1.29 is 0 Å². The van der Waals surface area contributed by atoms with Crippen LogP contribution in [0.15, 0.2) is 54.7 Å². The number of pyridine rings is 1. The van der Waals surface area contributed by atoms with E-state index in [2.05, 4.69) is 83.2 Å². The molecule has 2 aromatic carbocycles. The van der Waals surface area contributed by atoms with Crippen molar-refractivity contribution in [1.82, 2.24) is 14.6 Å². The van der Waals surface area contributed by atoms with Crippen molar-refractivity contribution in [2.24, 2.45) is 0 Å². The molecular formula is C21H23N3. The fourth-order valence-corrected chi connectivity index (χ4v) is 2.96. The van der Waals surface area contributed by atoms with Gasteiger partial charge in [-0.05, 0) is 24.3 Å². The fourth-order valence-electron chi connectivity index (χ4n) is 2.96. The molecule has 3 heteroatoms. The highest BCUT2D eigenvalue weighted by atomic mass is 15.2. The van der Waals surface area contributed by atoms with Gasteiger partial charge in [0.1, 0.15) is 0 Å². The molecular weight excluding hydrogens is 294 g/mol. The van der Waals surface area contributed by atoms with Crippen LogP contribution in [0.1, 0.15) is 31.9 Å². The lowest BCUT2D eigenvalue weighted by Crippen LogP contribution is -1.95. The van der Waals surface area contributed by atoms with E-state index in [0.717, 1.165) is 28.8 Å². The molecule has 0 saturated heterocycles. The molecule has 4 rings (SSSR count). The second-order valence-electron chi connectivity index (χ2n) is 5.64. The molecule has 0 bridgehead atoms. The van der Waals surface area contributed by atoms with Gasteiger partial charge in [-0.15, -0.1) is 10.2 Å². The lowest BCUT2D eigenvalue weighted by molar-refractivity contribution is 1.08. The van der Waals surface area contributed by atoms with Crippen LogP contribution in [0.2, 0.25) is 0 Å². The Morgan fingerprint density at radius 2 is 1.54 bits per heavy atom. The van der Waals surface area contributed by atoms with Gasteiger partial charge in [-0.25, -0.2) is 0 Å². The van der Waals surface area contributed by atoms with Crippen LogP contribution in [0.25, 0.3) is 27.8 Å². The van der Waals surface area contributed by atoms with E-state index in [1.165, 1.54) is 16.5 Å². The maximum absolute atomic E-state index is 4.43. The number of nitrogens with zero attached hydrogens (tertiary/aromatic N) is 3. The van der Waals surface area contributed by atoms with E-state index in [-0.39, 0.29) is 0 Å². The number of fused-ring (bicyclic) bond motifs is 3. The first-order valence-corrected chi connectivity index (χ1v) is 8.60. The van der Waals surface area contributed by atoms with Crippen molar-refractivity contribution in [3.05, 3.63) is 65.9 Å². The molecule has 0 spiro atoms. The van der Waals surface area contributed by atoms with E-state index >= 15 is 0 Å². The summed E-state index contributed by atoms with van der Waals surface area (Å²) >= 11 is 0. The fraction of sp³-hybridized carbons (Fsp3) is 0.238. The molecule has 2 aromatic heterocycles. The van der Waals surface area contributed by atoms with Crippen molar-refractivity contribution in [2.45, 2.75) is 34.1 Å². The van der Waals surface area contributed by atoms with E-state index in [4.69, 9.17) is 0 Å². The molecule has 122 valence electrons. The summed E-state index contributed by atoms with van der Waals surface area (Å²) in [6.07, 6.45) is 3.16. The largest absolute Gasteiger partial charge is 0.282 e. The van der Waals surface area contributed by atoms with Gasteiger partial charge in [0.05, 0.1) is 0 Å². The lowest BCUT2D eigenvalue weighted by Gasteiger charge is -2.08. The SMILES string of the molecule is CC.CCc1cn2c(-c3ccc(C)cc3)nnc2c2ccccc12. The quantitative estimate of drug-likeness (QED) is 0.492. The maximum Gasteiger partial charge on any atom is 0.168 e. The topological polar surface area (TPSA) is 30.2 Å². The van der Waals surface area contributed by atoms with Crippen LogP contribution in [0.3, 0.4) is 0 Å². The molecule has 0 unspecified atom stereocenters. The summed E-state index contributed by atoms with van der Waals surface area (Å²) in [7, 11) is 0. The number of aryl methyl sites for hydroxylation is 2. The van der Waals surface area contributed by atoms with Gasteiger partial charge in [-0.1, -0.05) is 74.9 Å². The number of aromatic nitrogens is 3. The summed E-state index contributed by atoms with van der Waals surface area (Å²) in [6.45, 7) is 8.28. The molecule has 24 heavy (non-hydrogen) atoms. The zero-order valence-electron chi connectivity index (χ0n) is 14.7. The van der Waals surface area contributed by atoms with Crippen LogP contribution in [0.4, 0.5) is 0 Å². The van der Waals surface area contributed by atoms with Gasteiger partial charge in [0.2, 0.25) is 0 Å². The Morgan fingerprint density at radius 3 is 2.21 bits per heavy atom. The molecule has 0 fully saturated rings. The molecule has 0 N–H and O–H groups in total. The molecule has 0 radical (unpaired) electrons. The van der Waals surface area contributed by atoms with Gasteiger partial charge in [0, 0.05) is 17.1 Å². The third kappa shape index (κ3) is 2.67. The Balaban J connectivity index is 0.000000815. The minimum atomic E-state index is 0.899. The second-order valence-corrected chi connectivity index (χ2v) is 5.64. The van der Waals surface area contributed by atoms with Gasteiger partial charge in [-0.2, -0.15) is 0 Å². The minimum Gasteiger partial charge on any atom is -0.282 e. The zero-order chi connectivity index (χ0) is 17.1. The normalized spacial score (nSPS) is 10.7. The first kappa shape index (κ1) is 16.2. The van der Waals surface area contributed by atoms with Crippen LogP contribution < -0.4 is 0 Å². The second kappa shape index (κ2) is 6.83. The van der Waals surface area contributed by atoms with Crippen LogP contribution >= 0.6 is 0 Å². The first-order valence-electron chi connectivity index (χ1n) is 8.60.